The summed E-state index contributed by atoms with van der Waals surface area (Å²) in [6.07, 6.45) is 0.874. The summed E-state index contributed by atoms with van der Waals surface area (Å²) in [5.41, 5.74) is 1.33. The van der Waals surface area contributed by atoms with E-state index < -0.39 is 12.1 Å². The molecule has 0 spiro atoms. The Bertz CT molecular complexity index is 667. The van der Waals surface area contributed by atoms with Crippen LogP contribution in [0.2, 0.25) is 0 Å². The van der Waals surface area contributed by atoms with Crippen LogP contribution in [0.4, 0.5) is 4.39 Å². The van der Waals surface area contributed by atoms with E-state index >= 15 is 0 Å². The number of hydrogen-bond acceptors (Lipinski definition) is 4. The van der Waals surface area contributed by atoms with E-state index in [9.17, 15) is 14.0 Å². The van der Waals surface area contributed by atoms with Gasteiger partial charge >= 0.3 is 5.97 Å². The molecule has 7 heteroatoms. The normalized spacial score (nSPS) is 11.8. The minimum Gasteiger partial charge on any atom is -0.457 e. The van der Waals surface area contributed by atoms with Gasteiger partial charge in [-0.25, -0.2) is 9.18 Å². The van der Waals surface area contributed by atoms with Crippen LogP contribution in [0.15, 0.2) is 30.5 Å². The first-order valence-electron chi connectivity index (χ1n) is 6.72. The lowest BCUT2D eigenvalue weighted by atomic mass is 10.1. The number of aromatic nitrogens is 2. The van der Waals surface area contributed by atoms with Crippen molar-refractivity contribution < 1.29 is 18.7 Å². The van der Waals surface area contributed by atoms with Crippen molar-refractivity contribution in [2.45, 2.75) is 20.0 Å². The fourth-order valence-corrected chi connectivity index (χ4v) is 1.85. The van der Waals surface area contributed by atoms with E-state index in [4.69, 9.17) is 4.74 Å². The maximum Gasteiger partial charge on any atom is 0.342 e. The molecule has 2 rings (SSSR count). The molecule has 6 nitrogen and oxygen atoms in total. The second-order valence-corrected chi connectivity index (χ2v) is 4.82. The van der Waals surface area contributed by atoms with Crippen LogP contribution in [0.3, 0.4) is 0 Å². The third-order valence-electron chi connectivity index (χ3n) is 2.94. The maximum atomic E-state index is 13.0. The van der Waals surface area contributed by atoms with Crippen LogP contribution in [0.25, 0.3) is 11.3 Å². The van der Waals surface area contributed by atoms with Crippen LogP contribution in [0.5, 0.6) is 0 Å². The highest BCUT2D eigenvalue weighted by Crippen LogP contribution is 2.22. The molecule has 2 N–H and O–H groups in total. The SMILES string of the molecule is CC(=O)NC[C@H](C)OC(=O)c1cn[nH]c1-c1ccc(F)cc1. The monoisotopic (exact) mass is 305 g/mol. The van der Waals surface area contributed by atoms with Gasteiger partial charge in [-0.2, -0.15) is 5.10 Å². The summed E-state index contributed by atoms with van der Waals surface area (Å²) >= 11 is 0. The Morgan fingerprint density at radius 3 is 2.68 bits per heavy atom. The number of carbonyl (C=O) groups is 2. The van der Waals surface area contributed by atoms with Gasteiger partial charge in [-0.05, 0) is 31.2 Å². The first-order valence-corrected chi connectivity index (χ1v) is 6.72. The van der Waals surface area contributed by atoms with Gasteiger partial charge < -0.3 is 10.1 Å². The summed E-state index contributed by atoms with van der Waals surface area (Å²) in [4.78, 5) is 23.0. The van der Waals surface area contributed by atoms with Crippen LogP contribution in [-0.4, -0.2) is 34.7 Å². The number of nitrogens with zero attached hydrogens (tertiary/aromatic N) is 1. The third kappa shape index (κ3) is 3.91. The molecule has 0 bridgehead atoms. The zero-order chi connectivity index (χ0) is 16.1. The third-order valence-corrected chi connectivity index (χ3v) is 2.94. The average Bonchev–Trinajstić information content (AvgIpc) is 2.95. The molecule has 1 aromatic carbocycles. The molecule has 1 aromatic heterocycles. The molecule has 0 aliphatic rings. The number of ether oxygens (including phenoxy) is 1. The number of esters is 1. The van der Waals surface area contributed by atoms with E-state index in [2.05, 4.69) is 15.5 Å². The summed E-state index contributed by atoms with van der Waals surface area (Å²) in [6, 6.07) is 5.68. The second-order valence-electron chi connectivity index (χ2n) is 4.82. The van der Waals surface area contributed by atoms with Crippen LogP contribution in [0, 0.1) is 5.82 Å². The zero-order valence-corrected chi connectivity index (χ0v) is 12.2. The van der Waals surface area contributed by atoms with Gasteiger partial charge in [0.2, 0.25) is 5.91 Å². The zero-order valence-electron chi connectivity index (χ0n) is 12.2. The van der Waals surface area contributed by atoms with Crippen molar-refractivity contribution in [1.82, 2.24) is 15.5 Å². The summed E-state index contributed by atoms with van der Waals surface area (Å²) in [5.74, 6) is -1.12. The van der Waals surface area contributed by atoms with E-state index in [1.165, 1.54) is 25.3 Å². The number of rotatable bonds is 5. The lowest BCUT2D eigenvalue weighted by Gasteiger charge is -2.13. The number of carbonyl (C=O) groups excluding carboxylic acids is 2. The molecular weight excluding hydrogens is 289 g/mol. The van der Waals surface area contributed by atoms with Gasteiger partial charge in [-0.15, -0.1) is 0 Å². The summed E-state index contributed by atoms with van der Waals surface area (Å²) in [7, 11) is 0. The predicted molar refractivity (Wildman–Crippen MR) is 77.5 cm³/mol. The molecule has 116 valence electrons. The molecule has 0 unspecified atom stereocenters. The molecule has 2 aromatic rings. The Morgan fingerprint density at radius 1 is 1.36 bits per heavy atom. The van der Waals surface area contributed by atoms with Gasteiger partial charge in [-0.1, -0.05) is 0 Å². The van der Waals surface area contributed by atoms with Crippen LogP contribution < -0.4 is 5.32 Å². The number of nitrogens with one attached hydrogen (secondary N) is 2. The van der Waals surface area contributed by atoms with Gasteiger partial charge in [0, 0.05) is 12.5 Å². The van der Waals surface area contributed by atoms with Crippen molar-refractivity contribution in [3.8, 4) is 11.3 Å². The van der Waals surface area contributed by atoms with Crippen molar-refractivity contribution in [3.05, 3.63) is 41.8 Å². The van der Waals surface area contributed by atoms with Crippen molar-refractivity contribution in [2.75, 3.05) is 6.54 Å². The highest BCUT2D eigenvalue weighted by molar-refractivity contribution is 5.96. The summed E-state index contributed by atoms with van der Waals surface area (Å²) in [6.45, 7) is 3.29. The van der Waals surface area contributed by atoms with Crippen molar-refractivity contribution >= 4 is 11.9 Å². The van der Waals surface area contributed by atoms with Gasteiger partial charge in [-0.3, -0.25) is 9.89 Å². The molecule has 1 atom stereocenters. The number of H-pyrrole nitrogens is 1. The van der Waals surface area contributed by atoms with Crippen LogP contribution in [-0.2, 0) is 9.53 Å². The molecular formula is C15H16FN3O3. The standard InChI is InChI=1S/C15H16FN3O3/c1-9(7-17-10(2)20)22-15(21)13-8-18-19-14(13)11-3-5-12(16)6-4-11/h3-6,8-9H,7H2,1-2H3,(H,17,20)(H,18,19)/t9-/m0/s1. The van der Waals surface area contributed by atoms with E-state index in [0.29, 0.717) is 11.3 Å². The smallest absolute Gasteiger partial charge is 0.342 e. The fourth-order valence-electron chi connectivity index (χ4n) is 1.85. The second kappa shape index (κ2) is 6.84. The molecule has 0 fully saturated rings. The largest absolute Gasteiger partial charge is 0.457 e. The minimum atomic E-state index is -0.564. The minimum absolute atomic E-state index is 0.196. The van der Waals surface area contributed by atoms with Crippen molar-refractivity contribution in [1.29, 1.82) is 0 Å². The first-order chi connectivity index (χ1) is 10.5. The molecule has 0 aliphatic carbocycles. The lowest BCUT2D eigenvalue weighted by molar-refractivity contribution is -0.119. The molecule has 0 radical (unpaired) electrons. The average molecular weight is 305 g/mol. The molecule has 1 amide bonds. The number of amides is 1. The van der Waals surface area contributed by atoms with Gasteiger partial charge in [0.1, 0.15) is 17.5 Å². The summed E-state index contributed by atoms with van der Waals surface area (Å²) < 4.78 is 18.2. The lowest BCUT2D eigenvalue weighted by Crippen LogP contribution is -2.31. The van der Waals surface area contributed by atoms with Gasteiger partial charge in [0.25, 0.3) is 0 Å². The highest BCUT2D eigenvalue weighted by Gasteiger charge is 2.19. The van der Waals surface area contributed by atoms with E-state index in [0.717, 1.165) is 0 Å². The maximum absolute atomic E-state index is 13.0. The Morgan fingerprint density at radius 2 is 2.05 bits per heavy atom. The predicted octanol–water partition coefficient (Wildman–Crippen LogP) is 1.90. The van der Waals surface area contributed by atoms with E-state index in [-0.39, 0.29) is 23.8 Å². The van der Waals surface area contributed by atoms with Crippen molar-refractivity contribution in [3.63, 3.8) is 0 Å². The summed E-state index contributed by atoms with van der Waals surface area (Å²) in [5, 5.41) is 9.10. The molecule has 22 heavy (non-hydrogen) atoms. The number of aromatic amines is 1. The number of hydrogen-bond donors (Lipinski definition) is 2. The van der Waals surface area contributed by atoms with Gasteiger partial charge in [0.15, 0.2) is 0 Å². The topological polar surface area (TPSA) is 84.1 Å². The quantitative estimate of drug-likeness (QED) is 0.826. The fraction of sp³-hybridized carbons (Fsp3) is 0.267. The Balaban J connectivity index is 2.10. The van der Waals surface area contributed by atoms with E-state index in [1.54, 1.807) is 19.1 Å². The van der Waals surface area contributed by atoms with Crippen LogP contribution in [0.1, 0.15) is 24.2 Å². The van der Waals surface area contributed by atoms with Crippen molar-refractivity contribution in [2.24, 2.45) is 0 Å². The number of benzene rings is 1. The highest BCUT2D eigenvalue weighted by atomic mass is 19.1. The molecule has 0 saturated carbocycles. The number of halogens is 1. The Kier molecular flexibility index (Phi) is 4.88. The first kappa shape index (κ1) is 15.7. The molecule has 1 heterocycles. The van der Waals surface area contributed by atoms with Gasteiger partial charge in [0.05, 0.1) is 18.4 Å². The Labute approximate surface area is 126 Å². The molecule has 0 aliphatic heterocycles. The van der Waals surface area contributed by atoms with E-state index in [1.807, 2.05) is 0 Å². The Hall–Kier alpha value is -2.70. The molecule has 0 saturated heterocycles. The van der Waals surface area contributed by atoms with Crippen LogP contribution >= 0.6 is 0 Å².